The summed E-state index contributed by atoms with van der Waals surface area (Å²) in [5, 5.41) is 8.02. The number of benzene rings is 1. The molecule has 0 saturated heterocycles. The third-order valence-corrected chi connectivity index (χ3v) is 5.15. The highest BCUT2D eigenvalue weighted by Gasteiger charge is 2.47. The van der Waals surface area contributed by atoms with Crippen molar-refractivity contribution in [2.75, 3.05) is 0 Å². The topological polar surface area (TPSA) is 97.8 Å². The first-order chi connectivity index (χ1) is 15.9. The number of aromatic nitrogens is 3. The average molecular weight is 552 g/mol. The van der Waals surface area contributed by atoms with Crippen LogP contribution in [0, 0.1) is 18.6 Å². The van der Waals surface area contributed by atoms with Gasteiger partial charge in [0.25, 0.3) is 5.91 Å². The number of nitrogens with zero attached hydrogens (tertiary/aromatic N) is 5. The van der Waals surface area contributed by atoms with E-state index < -0.39 is 52.8 Å². The summed E-state index contributed by atoms with van der Waals surface area (Å²) in [6.45, 7) is 1.97. The maximum Gasteiger partial charge on any atom is 0.493 e. The van der Waals surface area contributed by atoms with E-state index in [0.717, 1.165) is 17.0 Å². The zero-order valence-electron chi connectivity index (χ0n) is 17.4. The molecule has 0 saturated carbocycles. The minimum Gasteiger partial charge on any atom is -0.471 e. The molecule has 34 heavy (non-hydrogen) atoms. The van der Waals surface area contributed by atoms with Crippen molar-refractivity contribution in [2.45, 2.75) is 39.3 Å². The Morgan fingerprint density at radius 3 is 2.53 bits per heavy atom. The van der Waals surface area contributed by atoms with E-state index in [1.165, 1.54) is 13.1 Å². The number of halogens is 6. The summed E-state index contributed by atoms with van der Waals surface area (Å²) in [5.74, 6) is -5.45. The lowest BCUT2D eigenvalue weighted by Crippen LogP contribution is -2.54. The normalized spacial score (nSPS) is 16.7. The van der Waals surface area contributed by atoms with Gasteiger partial charge in [0.2, 0.25) is 5.88 Å². The maximum atomic E-state index is 14.0. The molecule has 1 amide bonds. The van der Waals surface area contributed by atoms with Crippen molar-refractivity contribution >= 4 is 27.8 Å². The number of hydrogen-bond donors (Lipinski definition) is 0. The summed E-state index contributed by atoms with van der Waals surface area (Å²) in [4.78, 5) is 33.9. The summed E-state index contributed by atoms with van der Waals surface area (Å²) >= 11 is 2.94. The van der Waals surface area contributed by atoms with Crippen LogP contribution in [0.4, 0.5) is 22.0 Å². The van der Waals surface area contributed by atoms with Gasteiger partial charge in [-0.05, 0) is 41.9 Å². The van der Waals surface area contributed by atoms with Crippen LogP contribution < -0.4 is 0 Å². The first kappa shape index (κ1) is 25.3. The largest absolute Gasteiger partial charge is 0.493 e. The quantitative estimate of drug-likeness (QED) is 0.505. The summed E-state index contributed by atoms with van der Waals surface area (Å²) < 4.78 is 70.7. The Bertz CT molecular complexity index is 1130. The summed E-state index contributed by atoms with van der Waals surface area (Å²) in [5.41, 5.74) is 0.0331. The van der Waals surface area contributed by atoms with Crippen molar-refractivity contribution in [3.8, 4) is 0 Å². The second-order valence-electron chi connectivity index (χ2n) is 6.91. The van der Waals surface area contributed by atoms with Crippen LogP contribution in [0.5, 0.6) is 0 Å². The molecule has 1 aromatic heterocycles. The van der Waals surface area contributed by atoms with E-state index in [4.69, 9.17) is 4.74 Å². The SMILES string of the molecule is Cc1ncc(CN2C(=O)C(Br)=C(OCc3ccc(F)cc3F)N(OC(=O)C(F)(F)F)C2C)nn1. The number of hydroxylamine groups is 2. The smallest absolute Gasteiger partial charge is 0.471 e. The maximum absolute atomic E-state index is 14.0. The van der Waals surface area contributed by atoms with Gasteiger partial charge in [-0.1, -0.05) is 0 Å². The monoisotopic (exact) mass is 551 g/mol. The molecule has 1 unspecified atom stereocenters. The van der Waals surface area contributed by atoms with E-state index in [0.29, 0.717) is 17.0 Å². The number of alkyl halides is 3. The number of aryl methyl sites for hydroxylation is 1. The molecule has 1 atom stereocenters. The van der Waals surface area contributed by atoms with E-state index in [9.17, 15) is 31.5 Å². The molecular formula is C19H15BrF5N5O4. The first-order valence-corrected chi connectivity index (χ1v) is 10.2. The number of ether oxygens (including phenoxy) is 1. The van der Waals surface area contributed by atoms with Crippen LogP contribution in [0.3, 0.4) is 0 Å². The molecule has 0 bridgehead atoms. The number of rotatable bonds is 6. The fourth-order valence-corrected chi connectivity index (χ4v) is 3.27. The molecule has 15 heteroatoms. The third-order valence-electron chi connectivity index (χ3n) is 4.48. The summed E-state index contributed by atoms with van der Waals surface area (Å²) in [6.07, 6.45) is -5.37. The second kappa shape index (κ2) is 9.87. The predicted molar refractivity (Wildman–Crippen MR) is 106 cm³/mol. The Kier molecular flexibility index (Phi) is 7.33. The van der Waals surface area contributed by atoms with E-state index in [2.05, 4.69) is 35.9 Å². The van der Waals surface area contributed by atoms with E-state index in [-0.39, 0.29) is 17.8 Å². The van der Waals surface area contributed by atoms with Crippen LogP contribution in [0.25, 0.3) is 0 Å². The lowest BCUT2D eigenvalue weighted by Gasteiger charge is -2.41. The lowest BCUT2D eigenvalue weighted by atomic mass is 10.2. The summed E-state index contributed by atoms with van der Waals surface area (Å²) in [6, 6.07) is 2.57. The van der Waals surface area contributed by atoms with Crippen molar-refractivity contribution in [1.29, 1.82) is 0 Å². The van der Waals surface area contributed by atoms with Gasteiger partial charge in [0.05, 0.1) is 12.7 Å². The molecule has 3 rings (SSSR count). The molecule has 0 aliphatic carbocycles. The Morgan fingerprint density at radius 1 is 1.24 bits per heavy atom. The van der Waals surface area contributed by atoms with Crippen LogP contribution in [0.1, 0.15) is 24.0 Å². The second-order valence-corrected chi connectivity index (χ2v) is 7.70. The van der Waals surface area contributed by atoms with Gasteiger partial charge in [-0.2, -0.15) is 18.3 Å². The fourth-order valence-electron chi connectivity index (χ4n) is 2.76. The highest BCUT2D eigenvalue weighted by Crippen LogP contribution is 2.33. The van der Waals surface area contributed by atoms with Crippen molar-refractivity contribution in [1.82, 2.24) is 25.1 Å². The Balaban J connectivity index is 1.93. The lowest BCUT2D eigenvalue weighted by molar-refractivity contribution is -0.258. The van der Waals surface area contributed by atoms with Gasteiger partial charge in [-0.3, -0.25) is 4.79 Å². The highest BCUT2D eigenvalue weighted by molar-refractivity contribution is 9.12. The molecule has 2 aromatic rings. The average Bonchev–Trinajstić information content (AvgIpc) is 2.76. The minimum atomic E-state index is -5.36. The van der Waals surface area contributed by atoms with Gasteiger partial charge < -0.3 is 14.5 Å². The van der Waals surface area contributed by atoms with Crippen molar-refractivity contribution in [2.24, 2.45) is 0 Å². The highest BCUT2D eigenvalue weighted by atomic mass is 79.9. The summed E-state index contributed by atoms with van der Waals surface area (Å²) in [7, 11) is 0. The Morgan fingerprint density at radius 2 is 1.94 bits per heavy atom. The number of hydrogen-bond acceptors (Lipinski definition) is 8. The zero-order chi connectivity index (χ0) is 25.2. The molecule has 0 spiro atoms. The molecule has 1 aliphatic heterocycles. The minimum absolute atomic E-state index is 0.167. The van der Waals surface area contributed by atoms with Crippen LogP contribution in [0.2, 0.25) is 0 Å². The van der Waals surface area contributed by atoms with Crippen molar-refractivity contribution < 1.29 is 41.1 Å². The molecule has 0 fully saturated rings. The molecule has 1 aromatic carbocycles. The van der Waals surface area contributed by atoms with Crippen molar-refractivity contribution in [3.63, 3.8) is 0 Å². The van der Waals surface area contributed by atoms with Crippen LogP contribution in [0.15, 0.2) is 34.8 Å². The van der Waals surface area contributed by atoms with Gasteiger partial charge in [-0.15, -0.1) is 10.2 Å². The molecule has 182 valence electrons. The van der Waals surface area contributed by atoms with Gasteiger partial charge in [-0.25, -0.2) is 18.6 Å². The van der Waals surface area contributed by atoms with Gasteiger partial charge in [0, 0.05) is 11.6 Å². The fraction of sp³-hybridized carbons (Fsp3) is 0.316. The molecule has 1 aliphatic rings. The van der Waals surface area contributed by atoms with Gasteiger partial charge >= 0.3 is 12.1 Å². The standard InChI is InChI=1S/C19H15BrF5N5O4/c1-9-26-6-13(28-27-9)7-29-10(2)30(34-18(32)19(23,24)25)17(15(20)16(29)31)33-8-11-3-4-12(21)5-14(11)22/h3-6,10H,7-8H2,1-2H3. The number of carbonyl (C=O) groups excluding carboxylic acids is 2. The number of carbonyl (C=O) groups is 2. The van der Waals surface area contributed by atoms with Crippen LogP contribution >= 0.6 is 15.9 Å². The van der Waals surface area contributed by atoms with E-state index in [1.807, 2.05) is 0 Å². The van der Waals surface area contributed by atoms with Gasteiger partial charge in [0.1, 0.15) is 40.4 Å². The molecule has 9 nitrogen and oxygen atoms in total. The molecule has 0 radical (unpaired) electrons. The van der Waals surface area contributed by atoms with Gasteiger partial charge in [0.15, 0.2) is 0 Å². The van der Waals surface area contributed by atoms with Crippen LogP contribution in [-0.4, -0.2) is 49.4 Å². The molecular weight excluding hydrogens is 537 g/mol. The zero-order valence-corrected chi connectivity index (χ0v) is 19.0. The van der Waals surface area contributed by atoms with E-state index in [1.54, 1.807) is 6.92 Å². The third kappa shape index (κ3) is 5.58. The molecule has 2 heterocycles. The van der Waals surface area contributed by atoms with E-state index >= 15 is 0 Å². The number of amides is 1. The first-order valence-electron chi connectivity index (χ1n) is 9.39. The van der Waals surface area contributed by atoms with Crippen LogP contribution in [-0.2, 0) is 32.3 Å². The Labute approximate surface area is 197 Å². The molecule has 0 N–H and O–H groups in total. The van der Waals surface area contributed by atoms with Crippen molar-refractivity contribution in [3.05, 3.63) is 63.5 Å². The predicted octanol–water partition coefficient (Wildman–Crippen LogP) is 3.25. The Hall–Kier alpha value is -3.36.